The molecule has 0 N–H and O–H groups in total. The SMILES string of the molecule is CCC(CBr)CN1C(=O)C(=O)c2c(Cl)cccc21. The van der Waals surface area contributed by atoms with Gasteiger partial charge in [-0.2, -0.15) is 0 Å². The lowest BCUT2D eigenvalue weighted by molar-refractivity contribution is -0.114. The predicted molar refractivity (Wildman–Crippen MR) is 75.7 cm³/mol. The zero-order valence-corrected chi connectivity index (χ0v) is 12.3. The lowest BCUT2D eigenvalue weighted by Gasteiger charge is -2.21. The van der Waals surface area contributed by atoms with Gasteiger partial charge in [0, 0.05) is 11.9 Å². The van der Waals surface area contributed by atoms with Crippen LogP contribution in [0.4, 0.5) is 5.69 Å². The Morgan fingerprint density at radius 1 is 1.39 bits per heavy atom. The van der Waals surface area contributed by atoms with Crippen molar-refractivity contribution in [3.8, 4) is 0 Å². The monoisotopic (exact) mass is 329 g/mol. The molecule has 1 aliphatic heterocycles. The number of benzene rings is 1. The van der Waals surface area contributed by atoms with E-state index in [2.05, 4.69) is 22.9 Å². The Morgan fingerprint density at radius 2 is 2.11 bits per heavy atom. The number of anilines is 1. The van der Waals surface area contributed by atoms with Gasteiger partial charge in [-0.25, -0.2) is 0 Å². The Hall–Kier alpha value is -0.870. The second-order valence-electron chi connectivity index (χ2n) is 4.31. The van der Waals surface area contributed by atoms with Gasteiger partial charge in [0.05, 0.1) is 16.3 Å². The smallest absolute Gasteiger partial charge is 0.299 e. The number of hydrogen-bond acceptors (Lipinski definition) is 2. The summed E-state index contributed by atoms with van der Waals surface area (Å²) >= 11 is 9.41. The first kappa shape index (κ1) is 13.6. The highest BCUT2D eigenvalue weighted by atomic mass is 79.9. The van der Waals surface area contributed by atoms with E-state index in [0.717, 1.165) is 11.8 Å². The summed E-state index contributed by atoms with van der Waals surface area (Å²) in [6.45, 7) is 2.60. The summed E-state index contributed by atoms with van der Waals surface area (Å²) in [5.41, 5.74) is 0.977. The maximum Gasteiger partial charge on any atom is 0.299 e. The molecule has 3 nitrogen and oxygen atoms in total. The van der Waals surface area contributed by atoms with Gasteiger partial charge in [-0.3, -0.25) is 9.59 Å². The van der Waals surface area contributed by atoms with Crippen molar-refractivity contribution >= 4 is 44.9 Å². The Bertz CT molecular complexity index is 500. The van der Waals surface area contributed by atoms with E-state index < -0.39 is 11.7 Å². The highest BCUT2D eigenvalue weighted by Gasteiger charge is 2.37. The first-order valence-corrected chi connectivity index (χ1v) is 7.30. The Morgan fingerprint density at radius 3 is 2.72 bits per heavy atom. The highest BCUT2D eigenvalue weighted by molar-refractivity contribution is 9.09. The van der Waals surface area contributed by atoms with Gasteiger partial charge in [-0.15, -0.1) is 0 Å². The second-order valence-corrected chi connectivity index (χ2v) is 5.36. The third kappa shape index (κ3) is 2.19. The zero-order valence-electron chi connectivity index (χ0n) is 9.95. The summed E-state index contributed by atoms with van der Waals surface area (Å²) in [4.78, 5) is 25.4. The topological polar surface area (TPSA) is 37.4 Å². The highest BCUT2D eigenvalue weighted by Crippen LogP contribution is 2.34. The molecular formula is C13H13BrClNO2. The Balaban J connectivity index is 2.37. The molecule has 0 spiro atoms. The molecule has 96 valence electrons. The number of halogens is 2. The average Bonchev–Trinajstić information content (AvgIpc) is 2.61. The van der Waals surface area contributed by atoms with Gasteiger partial charge >= 0.3 is 0 Å². The van der Waals surface area contributed by atoms with E-state index in [1.807, 2.05) is 0 Å². The van der Waals surface area contributed by atoms with Crippen LogP contribution in [0.1, 0.15) is 23.7 Å². The number of ketones is 1. The Kier molecular flexibility index (Phi) is 4.07. The molecule has 0 radical (unpaired) electrons. The first-order valence-electron chi connectivity index (χ1n) is 5.80. The fourth-order valence-corrected chi connectivity index (χ4v) is 2.95. The van der Waals surface area contributed by atoms with Crippen molar-refractivity contribution in [3.63, 3.8) is 0 Å². The number of Topliss-reactive ketones (excluding diaryl/α,β-unsaturated/α-hetero) is 1. The maximum absolute atomic E-state index is 12.0. The summed E-state index contributed by atoms with van der Waals surface area (Å²) in [5.74, 6) is -0.649. The summed E-state index contributed by atoms with van der Waals surface area (Å²) in [5, 5.41) is 1.15. The summed E-state index contributed by atoms with van der Waals surface area (Å²) in [6, 6.07) is 5.16. The van der Waals surface area contributed by atoms with Crippen LogP contribution in [0.5, 0.6) is 0 Å². The minimum Gasteiger partial charge on any atom is -0.304 e. The number of hydrogen-bond donors (Lipinski definition) is 0. The van der Waals surface area contributed by atoms with Crippen LogP contribution in [0.2, 0.25) is 5.02 Å². The summed E-state index contributed by atoms with van der Waals surface area (Å²) < 4.78 is 0. The standard InChI is InChI=1S/C13H13BrClNO2/c1-2-8(6-14)7-16-10-5-3-4-9(15)11(10)12(17)13(16)18/h3-5,8H,2,6-7H2,1H3. The number of alkyl halides is 1. The molecule has 18 heavy (non-hydrogen) atoms. The third-order valence-electron chi connectivity index (χ3n) is 3.19. The minimum absolute atomic E-state index is 0.326. The predicted octanol–water partition coefficient (Wildman–Crippen LogP) is 3.29. The number of fused-ring (bicyclic) bond motifs is 1. The molecule has 1 atom stereocenters. The van der Waals surface area contributed by atoms with Gasteiger partial charge in [0.2, 0.25) is 0 Å². The van der Waals surface area contributed by atoms with E-state index in [-0.39, 0.29) is 0 Å². The van der Waals surface area contributed by atoms with Crippen LogP contribution < -0.4 is 4.90 Å². The van der Waals surface area contributed by atoms with Crippen molar-refractivity contribution in [3.05, 3.63) is 28.8 Å². The zero-order chi connectivity index (χ0) is 13.3. The molecule has 1 heterocycles. The summed E-state index contributed by atoms with van der Waals surface area (Å²) in [6.07, 6.45) is 0.944. The van der Waals surface area contributed by atoms with Crippen molar-refractivity contribution < 1.29 is 9.59 Å². The molecule has 0 saturated carbocycles. The Labute approximate surface area is 119 Å². The van der Waals surface area contributed by atoms with Crippen LogP contribution >= 0.6 is 27.5 Å². The second kappa shape index (κ2) is 5.41. The lowest BCUT2D eigenvalue weighted by atomic mass is 10.1. The fourth-order valence-electron chi connectivity index (χ4n) is 2.03. The van der Waals surface area contributed by atoms with Gasteiger partial charge in [0.1, 0.15) is 0 Å². The normalized spacial score (nSPS) is 16.1. The van der Waals surface area contributed by atoms with Crippen LogP contribution in [-0.4, -0.2) is 23.6 Å². The van der Waals surface area contributed by atoms with Gasteiger partial charge in [-0.05, 0) is 18.1 Å². The summed E-state index contributed by atoms with van der Waals surface area (Å²) in [7, 11) is 0. The van der Waals surface area contributed by atoms with Crippen LogP contribution in [-0.2, 0) is 4.79 Å². The maximum atomic E-state index is 12.0. The molecular weight excluding hydrogens is 318 g/mol. The largest absolute Gasteiger partial charge is 0.304 e. The van der Waals surface area contributed by atoms with Gasteiger partial charge < -0.3 is 4.90 Å². The molecule has 1 aromatic rings. The molecule has 0 aliphatic carbocycles. The van der Waals surface area contributed by atoms with Crippen molar-refractivity contribution in [2.45, 2.75) is 13.3 Å². The molecule has 0 saturated heterocycles. The van der Waals surface area contributed by atoms with Crippen molar-refractivity contribution in [1.82, 2.24) is 0 Å². The van der Waals surface area contributed by atoms with E-state index in [0.29, 0.717) is 28.7 Å². The van der Waals surface area contributed by atoms with Crippen LogP contribution in [0, 0.1) is 5.92 Å². The lowest BCUT2D eigenvalue weighted by Crippen LogP contribution is -2.34. The molecule has 5 heteroatoms. The van der Waals surface area contributed by atoms with Crippen molar-refractivity contribution in [1.29, 1.82) is 0 Å². The van der Waals surface area contributed by atoms with Crippen LogP contribution in [0.15, 0.2) is 18.2 Å². The van der Waals surface area contributed by atoms with Crippen molar-refractivity contribution in [2.75, 3.05) is 16.8 Å². The fraction of sp³-hybridized carbons (Fsp3) is 0.385. The third-order valence-corrected chi connectivity index (χ3v) is 4.42. The molecule has 2 rings (SSSR count). The average molecular weight is 331 g/mol. The number of amides is 1. The number of rotatable bonds is 4. The van der Waals surface area contributed by atoms with E-state index in [4.69, 9.17) is 11.6 Å². The number of carbonyl (C=O) groups excluding carboxylic acids is 2. The van der Waals surface area contributed by atoms with E-state index >= 15 is 0 Å². The van der Waals surface area contributed by atoms with Crippen molar-refractivity contribution in [2.24, 2.45) is 5.92 Å². The molecule has 1 aromatic carbocycles. The van der Waals surface area contributed by atoms with Gasteiger partial charge in [0.25, 0.3) is 11.7 Å². The first-order chi connectivity index (χ1) is 8.60. The van der Waals surface area contributed by atoms with Crippen LogP contribution in [0.3, 0.4) is 0 Å². The molecule has 0 aromatic heterocycles. The van der Waals surface area contributed by atoms with Crippen LogP contribution in [0.25, 0.3) is 0 Å². The molecule has 1 unspecified atom stereocenters. The van der Waals surface area contributed by atoms with E-state index in [9.17, 15) is 9.59 Å². The van der Waals surface area contributed by atoms with Gasteiger partial charge in [-0.1, -0.05) is 46.9 Å². The van der Waals surface area contributed by atoms with E-state index in [1.54, 1.807) is 23.1 Å². The number of carbonyl (C=O) groups is 2. The quantitative estimate of drug-likeness (QED) is 0.627. The van der Waals surface area contributed by atoms with E-state index in [1.165, 1.54) is 0 Å². The molecule has 1 aliphatic rings. The minimum atomic E-state index is -0.500. The van der Waals surface area contributed by atoms with Gasteiger partial charge in [0.15, 0.2) is 0 Å². The molecule has 0 bridgehead atoms. The molecule has 0 fully saturated rings. The molecule has 1 amide bonds. The number of nitrogens with zero attached hydrogens (tertiary/aromatic N) is 1.